The minimum absolute atomic E-state index is 0.259. The Kier molecular flexibility index (Phi) is 3.02. The molecule has 0 unspecified atom stereocenters. The Labute approximate surface area is 43.3 Å². The maximum absolute atomic E-state index is 6.84. The minimum atomic E-state index is 0.259. The number of ether oxygens (including phenoxy) is 1. The molecule has 0 aliphatic rings. The fourth-order valence-corrected chi connectivity index (χ4v) is 0.214. The third-order valence-electron chi connectivity index (χ3n) is 0.576. The predicted octanol–water partition coefficient (Wildman–Crippen LogP) is 1.19. The van der Waals surface area contributed by atoms with Crippen LogP contribution < -0.4 is 0 Å². The Morgan fingerprint density at radius 2 is 2.57 bits per heavy atom. The molecule has 0 aliphatic heterocycles. The zero-order valence-corrected chi connectivity index (χ0v) is 4.40. The molecule has 0 amide bonds. The van der Waals surface area contributed by atoms with E-state index in [0.29, 0.717) is 6.42 Å². The lowest BCUT2D eigenvalue weighted by Crippen LogP contribution is -1.94. The van der Waals surface area contributed by atoms with E-state index in [9.17, 15) is 0 Å². The van der Waals surface area contributed by atoms with Gasteiger partial charge in [0.1, 0.15) is 0 Å². The van der Waals surface area contributed by atoms with Crippen molar-refractivity contribution in [3.63, 3.8) is 0 Å². The number of methoxy groups -OCH3 is 1. The van der Waals surface area contributed by atoms with Crippen LogP contribution in [0.25, 0.3) is 0 Å². The van der Waals surface area contributed by atoms with E-state index < -0.39 is 0 Å². The molecule has 0 aromatic rings. The van der Waals surface area contributed by atoms with Crippen LogP contribution in [0.2, 0.25) is 0 Å². The molecule has 2 nitrogen and oxygen atoms in total. The topological polar surface area (TPSA) is 33.1 Å². The normalized spacial score (nSPS) is 7.57. The van der Waals surface area contributed by atoms with E-state index >= 15 is 0 Å². The predicted molar refractivity (Wildman–Crippen MR) is 29.5 cm³/mol. The molecule has 0 saturated carbocycles. The van der Waals surface area contributed by atoms with E-state index in [0.717, 1.165) is 0 Å². The van der Waals surface area contributed by atoms with Crippen LogP contribution >= 0.6 is 0 Å². The first-order valence-electron chi connectivity index (χ1n) is 2.03. The second kappa shape index (κ2) is 3.40. The first kappa shape index (κ1) is 6.21. The Balaban J connectivity index is 3.17. The summed E-state index contributed by atoms with van der Waals surface area (Å²) >= 11 is 0. The van der Waals surface area contributed by atoms with Gasteiger partial charge in [0, 0.05) is 6.42 Å². The average Bonchev–Trinajstić information content (AvgIpc) is 1.68. The van der Waals surface area contributed by atoms with Crippen LogP contribution in [0.3, 0.4) is 0 Å². The summed E-state index contributed by atoms with van der Waals surface area (Å²) in [6, 6.07) is 0. The molecular formula is C5H9NO. The molecular weight excluding hydrogens is 90.1 g/mol. The standard InChI is InChI=1S/C5H9NO/c1-3-4-5(6)7-2/h3,6H,1,4H2,2H3. The van der Waals surface area contributed by atoms with Gasteiger partial charge in [-0.15, -0.1) is 6.58 Å². The maximum atomic E-state index is 6.84. The monoisotopic (exact) mass is 99.1 g/mol. The van der Waals surface area contributed by atoms with Gasteiger partial charge in [-0.3, -0.25) is 5.41 Å². The van der Waals surface area contributed by atoms with Gasteiger partial charge >= 0.3 is 0 Å². The molecule has 0 rings (SSSR count). The Morgan fingerprint density at radius 3 is 2.71 bits per heavy atom. The molecule has 0 aromatic heterocycles. The highest BCUT2D eigenvalue weighted by Crippen LogP contribution is 1.81. The highest BCUT2D eigenvalue weighted by atomic mass is 16.5. The summed E-state index contributed by atoms with van der Waals surface area (Å²) < 4.78 is 4.50. The maximum Gasteiger partial charge on any atom is 0.183 e. The average molecular weight is 99.1 g/mol. The van der Waals surface area contributed by atoms with Gasteiger partial charge < -0.3 is 4.74 Å². The third-order valence-corrected chi connectivity index (χ3v) is 0.576. The molecule has 1 N–H and O–H groups in total. The first-order valence-corrected chi connectivity index (χ1v) is 2.03. The van der Waals surface area contributed by atoms with Crippen molar-refractivity contribution < 1.29 is 4.74 Å². The number of nitrogens with one attached hydrogen (secondary N) is 1. The number of hydrogen-bond donors (Lipinski definition) is 1. The molecule has 0 radical (unpaired) electrons. The van der Waals surface area contributed by atoms with Crippen molar-refractivity contribution in [3.8, 4) is 0 Å². The highest BCUT2D eigenvalue weighted by Gasteiger charge is 1.84. The molecule has 0 bridgehead atoms. The van der Waals surface area contributed by atoms with Gasteiger partial charge in [-0.25, -0.2) is 0 Å². The molecule has 7 heavy (non-hydrogen) atoms. The van der Waals surface area contributed by atoms with Crippen molar-refractivity contribution in [2.45, 2.75) is 6.42 Å². The quantitative estimate of drug-likeness (QED) is 0.315. The summed E-state index contributed by atoms with van der Waals surface area (Å²) in [4.78, 5) is 0. The van der Waals surface area contributed by atoms with Crippen molar-refractivity contribution >= 4 is 5.90 Å². The van der Waals surface area contributed by atoms with Gasteiger partial charge in [-0.2, -0.15) is 0 Å². The van der Waals surface area contributed by atoms with E-state index in [2.05, 4.69) is 11.3 Å². The Morgan fingerprint density at radius 1 is 2.00 bits per heavy atom. The lowest BCUT2D eigenvalue weighted by atomic mass is 10.4. The van der Waals surface area contributed by atoms with Gasteiger partial charge in [-0.05, 0) is 0 Å². The van der Waals surface area contributed by atoms with Gasteiger partial charge in [-0.1, -0.05) is 6.08 Å². The number of hydrogen-bond acceptors (Lipinski definition) is 2. The van der Waals surface area contributed by atoms with E-state index in [1.165, 1.54) is 7.11 Å². The zero-order chi connectivity index (χ0) is 5.70. The van der Waals surface area contributed by atoms with Gasteiger partial charge in [0.25, 0.3) is 0 Å². The molecule has 0 aromatic carbocycles. The molecule has 2 heteroatoms. The largest absolute Gasteiger partial charge is 0.484 e. The molecule has 40 valence electrons. The van der Waals surface area contributed by atoms with Crippen LogP contribution in [0.1, 0.15) is 6.42 Å². The lowest BCUT2D eigenvalue weighted by Gasteiger charge is -1.93. The molecule has 0 heterocycles. The van der Waals surface area contributed by atoms with E-state index in [1.54, 1.807) is 6.08 Å². The van der Waals surface area contributed by atoms with Crippen LogP contribution in [-0.2, 0) is 4.74 Å². The Bertz CT molecular complexity index is 78.1. The first-order chi connectivity index (χ1) is 3.31. The number of rotatable bonds is 2. The van der Waals surface area contributed by atoms with Crippen molar-refractivity contribution in [1.82, 2.24) is 0 Å². The van der Waals surface area contributed by atoms with Gasteiger partial charge in [0.05, 0.1) is 7.11 Å². The fourth-order valence-electron chi connectivity index (χ4n) is 0.214. The minimum Gasteiger partial charge on any atom is -0.484 e. The third kappa shape index (κ3) is 3.03. The fraction of sp³-hybridized carbons (Fsp3) is 0.400. The zero-order valence-electron chi connectivity index (χ0n) is 4.40. The summed E-state index contributed by atoms with van der Waals surface area (Å²) in [6.45, 7) is 3.43. The SMILES string of the molecule is C=CCC(=N)OC. The van der Waals surface area contributed by atoms with Gasteiger partial charge in [0.2, 0.25) is 0 Å². The second-order valence-corrected chi connectivity index (χ2v) is 1.12. The molecule has 0 spiro atoms. The smallest absolute Gasteiger partial charge is 0.183 e. The van der Waals surface area contributed by atoms with Crippen LogP contribution in [0, 0.1) is 5.41 Å². The van der Waals surface area contributed by atoms with E-state index in [-0.39, 0.29) is 5.90 Å². The van der Waals surface area contributed by atoms with E-state index in [4.69, 9.17) is 5.41 Å². The van der Waals surface area contributed by atoms with Crippen molar-refractivity contribution in [2.75, 3.05) is 7.11 Å². The van der Waals surface area contributed by atoms with Crippen molar-refractivity contribution in [3.05, 3.63) is 12.7 Å². The van der Waals surface area contributed by atoms with Crippen LogP contribution in [0.5, 0.6) is 0 Å². The summed E-state index contributed by atoms with van der Waals surface area (Å²) in [5, 5.41) is 6.84. The summed E-state index contributed by atoms with van der Waals surface area (Å²) in [5.74, 6) is 0.259. The summed E-state index contributed by atoms with van der Waals surface area (Å²) in [5.41, 5.74) is 0. The lowest BCUT2D eigenvalue weighted by molar-refractivity contribution is 0.391. The van der Waals surface area contributed by atoms with Crippen LogP contribution in [0.15, 0.2) is 12.7 Å². The van der Waals surface area contributed by atoms with Crippen LogP contribution in [0.4, 0.5) is 0 Å². The molecule has 0 atom stereocenters. The summed E-state index contributed by atoms with van der Waals surface area (Å²) in [6.07, 6.45) is 2.16. The molecule has 0 saturated heterocycles. The molecule has 0 aliphatic carbocycles. The summed E-state index contributed by atoms with van der Waals surface area (Å²) in [7, 11) is 1.48. The van der Waals surface area contributed by atoms with Crippen LogP contribution in [-0.4, -0.2) is 13.0 Å². The van der Waals surface area contributed by atoms with E-state index in [1.807, 2.05) is 0 Å². The molecule has 0 fully saturated rings. The van der Waals surface area contributed by atoms with Crippen molar-refractivity contribution in [1.29, 1.82) is 5.41 Å². The highest BCUT2D eigenvalue weighted by molar-refractivity contribution is 5.73. The van der Waals surface area contributed by atoms with Gasteiger partial charge in [0.15, 0.2) is 5.90 Å². The van der Waals surface area contributed by atoms with Crippen molar-refractivity contribution in [2.24, 2.45) is 0 Å². The second-order valence-electron chi connectivity index (χ2n) is 1.12. The Hall–Kier alpha value is -0.790.